The number of amides is 2. The van der Waals surface area contributed by atoms with Gasteiger partial charge in [-0.2, -0.15) is 0 Å². The minimum absolute atomic E-state index is 0.0150. The van der Waals surface area contributed by atoms with Crippen LogP contribution in [0.25, 0.3) is 0 Å². The van der Waals surface area contributed by atoms with Crippen LogP contribution < -0.4 is 10.2 Å². The molecule has 120 valence electrons. The van der Waals surface area contributed by atoms with E-state index >= 15 is 0 Å². The third-order valence-electron chi connectivity index (χ3n) is 3.72. The van der Waals surface area contributed by atoms with Crippen LogP contribution in [0.5, 0.6) is 0 Å². The number of aromatic nitrogens is 2. The van der Waals surface area contributed by atoms with Crippen molar-refractivity contribution in [3.05, 3.63) is 18.5 Å². The normalized spacial score (nSPS) is 16.5. The van der Waals surface area contributed by atoms with Crippen LogP contribution in [0.15, 0.2) is 18.5 Å². The molecule has 1 aromatic heterocycles. The van der Waals surface area contributed by atoms with Gasteiger partial charge in [-0.1, -0.05) is 13.8 Å². The molecule has 1 atom stereocenters. The SMILES string of the molecule is CC(=O)NC(C(=O)N1CCN(c2ncccn2)CC1)C(C)C. The average molecular weight is 305 g/mol. The van der Waals surface area contributed by atoms with Crippen molar-refractivity contribution in [3.63, 3.8) is 0 Å². The summed E-state index contributed by atoms with van der Waals surface area (Å²) in [6, 6.07) is 1.32. The average Bonchev–Trinajstić information content (AvgIpc) is 2.52. The highest BCUT2D eigenvalue weighted by molar-refractivity contribution is 5.87. The molecule has 1 aliphatic rings. The summed E-state index contributed by atoms with van der Waals surface area (Å²) in [5.41, 5.74) is 0. The molecular formula is C15H23N5O2. The van der Waals surface area contributed by atoms with E-state index in [1.54, 1.807) is 23.4 Å². The van der Waals surface area contributed by atoms with Gasteiger partial charge < -0.3 is 15.1 Å². The molecule has 7 heteroatoms. The summed E-state index contributed by atoms with van der Waals surface area (Å²) in [4.78, 5) is 36.2. The lowest BCUT2D eigenvalue weighted by molar-refractivity contribution is -0.137. The van der Waals surface area contributed by atoms with Crippen molar-refractivity contribution in [2.75, 3.05) is 31.1 Å². The molecule has 1 saturated heterocycles. The molecule has 1 unspecified atom stereocenters. The van der Waals surface area contributed by atoms with Crippen molar-refractivity contribution in [2.45, 2.75) is 26.8 Å². The van der Waals surface area contributed by atoms with Gasteiger partial charge in [0.2, 0.25) is 17.8 Å². The van der Waals surface area contributed by atoms with Crippen LogP contribution in [-0.2, 0) is 9.59 Å². The number of carbonyl (C=O) groups is 2. The first-order chi connectivity index (χ1) is 10.5. The molecule has 22 heavy (non-hydrogen) atoms. The predicted octanol–water partition coefficient (Wildman–Crippen LogP) is 0.286. The molecule has 2 amide bonds. The number of piperazine rings is 1. The van der Waals surface area contributed by atoms with E-state index in [0.717, 1.165) is 0 Å². The van der Waals surface area contributed by atoms with Gasteiger partial charge in [0.05, 0.1) is 0 Å². The highest BCUT2D eigenvalue weighted by Gasteiger charge is 2.30. The number of hydrogen-bond acceptors (Lipinski definition) is 5. The topological polar surface area (TPSA) is 78.4 Å². The predicted molar refractivity (Wildman–Crippen MR) is 83.3 cm³/mol. The first-order valence-electron chi connectivity index (χ1n) is 7.57. The van der Waals surface area contributed by atoms with E-state index in [9.17, 15) is 9.59 Å². The molecule has 0 aliphatic carbocycles. The van der Waals surface area contributed by atoms with Gasteiger partial charge in [-0.05, 0) is 12.0 Å². The molecule has 2 heterocycles. The van der Waals surface area contributed by atoms with Crippen molar-refractivity contribution in [1.82, 2.24) is 20.2 Å². The summed E-state index contributed by atoms with van der Waals surface area (Å²) in [7, 11) is 0. The summed E-state index contributed by atoms with van der Waals surface area (Å²) >= 11 is 0. The lowest BCUT2D eigenvalue weighted by atomic mass is 10.0. The molecule has 1 aromatic rings. The van der Waals surface area contributed by atoms with E-state index in [0.29, 0.717) is 32.1 Å². The maximum atomic E-state index is 12.6. The largest absolute Gasteiger partial charge is 0.344 e. The third kappa shape index (κ3) is 3.93. The Bertz CT molecular complexity index is 512. The maximum absolute atomic E-state index is 12.6. The van der Waals surface area contributed by atoms with Crippen LogP contribution in [0.2, 0.25) is 0 Å². The van der Waals surface area contributed by atoms with Gasteiger partial charge >= 0.3 is 0 Å². The van der Waals surface area contributed by atoms with Gasteiger partial charge in [0.1, 0.15) is 6.04 Å². The van der Waals surface area contributed by atoms with E-state index < -0.39 is 6.04 Å². The Kier molecular flexibility index (Phi) is 5.30. The number of hydrogen-bond donors (Lipinski definition) is 1. The van der Waals surface area contributed by atoms with Crippen molar-refractivity contribution in [1.29, 1.82) is 0 Å². The molecule has 0 saturated carbocycles. The third-order valence-corrected chi connectivity index (χ3v) is 3.72. The summed E-state index contributed by atoms with van der Waals surface area (Å²) in [5.74, 6) is 0.561. The molecule has 1 fully saturated rings. The molecule has 7 nitrogen and oxygen atoms in total. The fourth-order valence-corrected chi connectivity index (χ4v) is 2.51. The van der Waals surface area contributed by atoms with Crippen LogP contribution in [0, 0.1) is 5.92 Å². The van der Waals surface area contributed by atoms with Crippen LogP contribution in [0.3, 0.4) is 0 Å². The molecule has 0 spiro atoms. The molecule has 1 N–H and O–H groups in total. The molecular weight excluding hydrogens is 282 g/mol. The second kappa shape index (κ2) is 7.20. The zero-order valence-electron chi connectivity index (χ0n) is 13.3. The van der Waals surface area contributed by atoms with Gasteiger partial charge in [0, 0.05) is 45.5 Å². The number of rotatable bonds is 4. The zero-order chi connectivity index (χ0) is 16.1. The number of carbonyl (C=O) groups excluding carboxylic acids is 2. The standard InChI is InChI=1S/C15H23N5O2/c1-11(2)13(18-12(3)21)14(22)19-7-9-20(10-8-19)15-16-5-4-6-17-15/h4-6,11,13H,7-10H2,1-3H3,(H,18,21). The Morgan fingerprint density at radius 2 is 1.73 bits per heavy atom. The van der Waals surface area contributed by atoms with Crippen molar-refractivity contribution < 1.29 is 9.59 Å². The van der Waals surface area contributed by atoms with E-state index in [1.807, 2.05) is 13.8 Å². The minimum atomic E-state index is -0.461. The first kappa shape index (κ1) is 16.2. The van der Waals surface area contributed by atoms with E-state index in [-0.39, 0.29) is 17.7 Å². The Balaban J connectivity index is 1.95. The maximum Gasteiger partial charge on any atom is 0.245 e. The van der Waals surface area contributed by atoms with Gasteiger partial charge in [-0.3, -0.25) is 9.59 Å². The second-order valence-corrected chi connectivity index (χ2v) is 5.78. The van der Waals surface area contributed by atoms with Crippen LogP contribution >= 0.6 is 0 Å². The van der Waals surface area contributed by atoms with E-state index in [1.165, 1.54) is 6.92 Å². The Morgan fingerprint density at radius 1 is 1.14 bits per heavy atom. The first-order valence-corrected chi connectivity index (χ1v) is 7.57. The monoisotopic (exact) mass is 305 g/mol. The summed E-state index contributed by atoms with van der Waals surface area (Å²) < 4.78 is 0. The summed E-state index contributed by atoms with van der Waals surface area (Å²) in [6.07, 6.45) is 3.43. The lowest BCUT2D eigenvalue weighted by Gasteiger charge is -2.37. The van der Waals surface area contributed by atoms with Crippen LogP contribution in [-0.4, -0.2) is 58.9 Å². The Labute approximate surface area is 130 Å². The Morgan fingerprint density at radius 3 is 2.23 bits per heavy atom. The van der Waals surface area contributed by atoms with Crippen LogP contribution in [0.1, 0.15) is 20.8 Å². The minimum Gasteiger partial charge on any atom is -0.344 e. The number of nitrogens with one attached hydrogen (secondary N) is 1. The highest BCUT2D eigenvalue weighted by atomic mass is 16.2. The van der Waals surface area contributed by atoms with Crippen molar-refractivity contribution in [3.8, 4) is 0 Å². The molecule has 1 aliphatic heterocycles. The fraction of sp³-hybridized carbons (Fsp3) is 0.600. The molecule has 0 radical (unpaired) electrons. The molecule has 0 bridgehead atoms. The highest BCUT2D eigenvalue weighted by Crippen LogP contribution is 2.13. The molecule has 0 aromatic carbocycles. The van der Waals surface area contributed by atoms with E-state index in [2.05, 4.69) is 20.2 Å². The quantitative estimate of drug-likeness (QED) is 0.865. The van der Waals surface area contributed by atoms with Gasteiger partial charge in [-0.25, -0.2) is 9.97 Å². The fourth-order valence-electron chi connectivity index (χ4n) is 2.51. The van der Waals surface area contributed by atoms with Gasteiger partial charge in [0.25, 0.3) is 0 Å². The van der Waals surface area contributed by atoms with Crippen molar-refractivity contribution >= 4 is 17.8 Å². The lowest BCUT2D eigenvalue weighted by Crippen LogP contribution is -2.56. The summed E-state index contributed by atoms with van der Waals surface area (Å²) in [5, 5.41) is 2.75. The van der Waals surface area contributed by atoms with Gasteiger partial charge in [-0.15, -0.1) is 0 Å². The smallest absolute Gasteiger partial charge is 0.245 e. The second-order valence-electron chi connectivity index (χ2n) is 5.78. The molecule has 2 rings (SSSR count). The van der Waals surface area contributed by atoms with Gasteiger partial charge in [0.15, 0.2) is 0 Å². The van der Waals surface area contributed by atoms with E-state index in [4.69, 9.17) is 0 Å². The van der Waals surface area contributed by atoms with Crippen LogP contribution in [0.4, 0.5) is 5.95 Å². The number of anilines is 1. The number of nitrogens with zero attached hydrogens (tertiary/aromatic N) is 4. The Hall–Kier alpha value is -2.18. The zero-order valence-corrected chi connectivity index (χ0v) is 13.3. The summed E-state index contributed by atoms with van der Waals surface area (Å²) in [6.45, 7) is 7.92. The van der Waals surface area contributed by atoms with Crippen molar-refractivity contribution in [2.24, 2.45) is 5.92 Å².